The van der Waals surface area contributed by atoms with Gasteiger partial charge in [0.05, 0.1) is 0 Å². The van der Waals surface area contributed by atoms with Crippen molar-refractivity contribution in [2.75, 3.05) is 6.54 Å². The second-order valence-electron chi connectivity index (χ2n) is 7.95. The highest BCUT2D eigenvalue weighted by Crippen LogP contribution is 2.33. The van der Waals surface area contributed by atoms with E-state index in [0.29, 0.717) is 0 Å². The number of nitrogens with one attached hydrogen (secondary N) is 1. The Morgan fingerprint density at radius 3 is 2.75 bits per heavy atom. The van der Waals surface area contributed by atoms with E-state index in [1.165, 1.54) is 93.8 Å². The molecule has 1 N–H and O–H groups in total. The Kier molecular flexibility index (Phi) is 4.93. The molecular formula is C22H32N2. The average Bonchev–Trinajstić information content (AvgIpc) is 2.93. The molecule has 2 aliphatic rings. The normalized spacial score (nSPS) is 18.9. The van der Waals surface area contributed by atoms with E-state index < -0.39 is 0 Å². The van der Waals surface area contributed by atoms with Gasteiger partial charge in [-0.2, -0.15) is 0 Å². The quantitative estimate of drug-likeness (QED) is 0.753. The molecule has 1 fully saturated rings. The number of hydrogen-bond acceptors (Lipinski definition) is 1. The van der Waals surface area contributed by atoms with Crippen LogP contribution in [0.4, 0.5) is 0 Å². The van der Waals surface area contributed by atoms with Gasteiger partial charge >= 0.3 is 0 Å². The van der Waals surface area contributed by atoms with E-state index in [4.69, 9.17) is 0 Å². The molecule has 0 radical (unpaired) electrons. The Hall–Kier alpha value is -1.28. The lowest BCUT2D eigenvalue weighted by atomic mass is 9.95. The first-order chi connectivity index (χ1) is 11.8. The number of nitrogens with zero attached hydrogens (tertiary/aromatic N) is 1. The zero-order valence-corrected chi connectivity index (χ0v) is 15.2. The molecule has 0 saturated heterocycles. The van der Waals surface area contributed by atoms with Crippen molar-refractivity contribution in [1.29, 1.82) is 0 Å². The van der Waals surface area contributed by atoms with Crippen LogP contribution < -0.4 is 5.32 Å². The highest BCUT2D eigenvalue weighted by molar-refractivity contribution is 5.86. The van der Waals surface area contributed by atoms with Gasteiger partial charge in [0.25, 0.3) is 0 Å². The van der Waals surface area contributed by atoms with Crippen molar-refractivity contribution < 1.29 is 0 Å². The Bertz CT molecular complexity index is 692. The van der Waals surface area contributed by atoms with Gasteiger partial charge in [-0.15, -0.1) is 0 Å². The Labute approximate surface area is 146 Å². The summed E-state index contributed by atoms with van der Waals surface area (Å²) in [6.45, 7) is 4.57. The van der Waals surface area contributed by atoms with E-state index in [9.17, 15) is 0 Å². The van der Waals surface area contributed by atoms with Crippen molar-refractivity contribution in [2.24, 2.45) is 0 Å². The van der Waals surface area contributed by atoms with Crippen LogP contribution in [0.1, 0.15) is 68.2 Å². The molecule has 2 nitrogen and oxygen atoms in total. The summed E-state index contributed by atoms with van der Waals surface area (Å²) in [5, 5.41) is 5.34. The van der Waals surface area contributed by atoms with Crippen molar-refractivity contribution in [1.82, 2.24) is 9.88 Å². The van der Waals surface area contributed by atoms with Crippen molar-refractivity contribution >= 4 is 10.9 Å². The van der Waals surface area contributed by atoms with Crippen molar-refractivity contribution in [3.8, 4) is 0 Å². The van der Waals surface area contributed by atoms with E-state index in [0.717, 1.165) is 6.04 Å². The molecule has 2 aliphatic carbocycles. The first-order valence-electron chi connectivity index (χ1n) is 10.2. The third kappa shape index (κ3) is 3.26. The molecule has 4 rings (SSSR count). The van der Waals surface area contributed by atoms with Crippen molar-refractivity contribution in [3.63, 3.8) is 0 Å². The fourth-order valence-corrected chi connectivity index (χ4v) is 4.86. The minimum absolute atomic E-state index is 0.789. The summed E-state index contributed by atoms with van der Waals surface area (Å²) in [6.07, 6.45) is 13.6. The standard InChI is InChI=1S/C22H32N2/c1-17-12-13-22-20(16-17)19-10-5-6-11-21(19)24(22)15-7-14-23-18-8-3-2-4-9-18/h12-13,16,18,23H,2-11,14-15H2,1H3. The minimum atomic E-state index is 0.789. The molecule has 0 unspecified atom stereocenters. The van der Waals surface area contributed by atoms with Crippen molar-refractivity contribution in [2.45, 2.75) is 83.7 Å². The van der Waals surface area contributed by atoms with Crippen LogP contribution in [0.25, 0.3) is 10.9 Å². The predicted molar refractivity (Wildman–Crippen MR) is 103 cm³/mol. The fourth-order valence-electron chi connectivity index (χ4n) is 4.86. The van der Waals surface area contributed by atoms with Crippen LogP contribution in [0, 0.1) is 6.92 Å². The van der Waals surface area contributed by atoms with Crippen LogP contribution in [0.15, 0.2) is 18.2 Å². The van der Waals surface area contributed by atoms with Gasteiger partial charge in [-0.3, -0.25) is 0 Å². The molecule has 0 spiro atoms. The highest BCUT2D eigenvalue weighted by Gasteiger charge is 2.19. The molecule has 24 heavy (non-hydrogen) atoms. The number of hydrogen-bond donors (Lipinski definition) is 1. The van der Waals surface area contributed by atoms with Gasteiger partial charge in [0.15, 0.2) is 0 Å². The van der Waals surface area contributed by atoms with Gasteiger partial charge in [-0.25, -0.2) is 0 Å². The Morgan fingerprint density at radius 1 is 1.04 bits per heavy atom. The average molecular weight is 325 g/mol. The molecule has 130 valence electrons. The number of rotatable bonds is 5. The summed E-state index contributed by atoms with van der Waals surface area (Å²) < 4.78 is 2.64. The van der Waals surface area contributed by atoms with Crippen LogP contribution in [0.3, 0.4) is 0 Å². The van der Waals surface area contributed by atoms with Gasteiger partial charge < -0.3 is 9.88 Å². The second-order valence-corrected chi connectivity index (χ2v) is 7.95. The molecule has 1 heterocycles. The maximum Gasteiger partial charge on any atom is 0.0485 e. The summed E-state index contributed by atoms with van der Waals surface area (Å²) in [6, 6.07) is 7.84. The molecule has 2 heteroatoms. The lowest BCUT2D eigenvalue weighted by Gasteiger charge is -2.23. The molecule has 1 aromatic heterocycles. The summed E-state index contributed by atoms with van der Waals surface area (Å²) in [5.41, 5.74) is 6.16. The molecule has 1 saturated carbocycles. The summed E-state index contributed by atoms with van der Waals surface area (Å²) in [7, 11) is 0. The molecule has 0 amide bonds. The van der Waals surface area contributed by atoms with Gasteiger partial charge in [-0.05, 0) is 76.1 Å². The van der Waals surface area contributed by atoms with Crippen LogP contribution in [0.5, 0.6) is 0 Å². The third-order valence-corrected chi connectivity index (χ3v) is 6.13. The smallest absolute Gasteiger partial charge is 0.0485 e. The third-order valence-electron chi connectivity index (χ3n) is 6.13. The summed E-state index contributed by atoms with van der Waals surface area (Å²) in [4.78, 5) is 0. The number of aromatic nitrogens is 1. The molecule has 0 bridgehead atoms. The lowest BCUT2D eigenvalue weighted by molar-refractivity contribution is 0.369. The number of fused-ring (bicyclic) bond motifs is 3. The molecular weight excluding hydrogens is 292 g/mol. The predicted octanol–water partition coefficient (Wildman–Crippen LogP) is 5.14. The van der Waals surface area contributed by atoms with Crippen LogP contribution >= 0.6 is 0 Å². The molecule has 0 aliphatic heterocycles. The maximum absolute atomic E-state index is 3.81. The van der Waals surface area contributed by atoms with Crippen LogP contribution in [-0.4, -0.2) is 17.2 Å². The van der Waals surface area contributed by atoms with E-state index in [1.54, 1.807) is 11.3 Å². The topological polar surface area (TPSA) is 17.0 Å². The zero-order chi connectivity index (χ0) is 16.4. The second kappa shape index (κ2) is 7.31. The Balaban J connectivity index is 1.47. The lowest BCUT2D eigenvalue weighted by Crippen LogP contribution is -2.32. The largest absolute Gasteiger partial charge is 0.344 e. The summed E-state index contributed by atoms with van der Waals surface area (Å²) in [5.74, 6) is 0. The van der Waals surface area contributed by atoms with Gasteiger partial charge in [-0.1, -0.05) is 30.9 Å². The van der Waals surface area contributed by atoms with E-state index in [-0.39, 0.29) is 0 Å². The van der Waals surface area contributed by atoms with Crippen LogP contribution in [-0.2, 0) is 19.4 Å². The fraction of sp³-hybridized carbons (Fsp3) is 0.636. The Morgan fingerprint density at radius 2 is 1.88 bits per heavy atom. The van der Waals surface area contributed by atoms with E-state index in [1.807, 2.05) is 0 Å². The van der Waals surface area contributed by atoms with Gasteiger partial charge in [0, 0.05) is 29.2 Å². The molecule has 2 aromatic rings. The first-order valence-corrected chi connectivity index (χ1v) is 10.2. The van der Waals surface area contributed by atoms with Crippen LogP contribution in [0.2, 0.25) is 0 Å². The zero-order valence-electron chi connectivity index (χ0n) is 15.2. The molecule has 1 aromatic carbocycles. The van der Waals surface area contributed by atoms with Gasteiger partial charge in [0.2, 0.25) is 0 Å². The summed E-state index contributed by atoms with van der Waals surface area (Å²) >= 11 is 0. The number of benzene rings is 1. The monoisotopic (exact) mass is 324 g/mol. The molecule has 0 atom stereocenters. The van der Waals surface area contributed by atoms with Crippen molar-refractivity contribution in [3.05, 3.63) is 35.0 Å². The van der Waals surface area contributed by atoms with E-state index >= 15 is 0 Å². The van der Waals surface area contributed by atoms with Gasteiger partial charge in [0.1, 0.15) is 0 Å². The highest BCUT2D eigenvalue weighted by atomic mass is 15.0. The van der Waals surface area contributed by atoms with E-state index in [2.05, 4.69) is 35.0 Å². The minimum Gasteiger partial charge on any atom is -0.344 e. The first kappa shape index (κ1) is 16.2. The number of aryl methyl sites for hydroxylation is 3. The maximum atomic E-state index is 3.81. The SMILES string of the molecule is Cc1ccc2c(c1)c1c(n2CCCNC2CCCCC2)CCCC1.